The Labute approximate surface area is 175 Å². The van der Waals surface area contributed by atoms with Gasteiger partial charge in [0.2, 0.25) is 0 Å². The van der Waals surface area contributed by atoms with E-state index in [4.69, 9.17) is 21.1 Å². The summed E-state index contributed by atoms with van der Waals surface area (Å²) in [7, 11) is 1.60. The molecule has 1 unspecified atom stereocenters. The summed E-state index contributed by atoms with van der Waals surface area (Å²) < 4.78 is 10.8. The molecule has 2 aromatic carbocycles. The molecule has 1 amide bonds. The van der Waals surface area contributed by atoms with E-state index in [1.165, 1.54) is 0 Å². The summed E-state index contributed by atoms with van der Waals surface area (Å²) >= 11 is 5.96. The van der Waals surface area contributed by atoms with Crippen molar-refractivity contribution in [2.75, 3.05) is 38.2 Å². The molecule has 0 radical (unpaired) electrons. The lowest BCUT2D eigenvalue weighted by Gasteiger charge is -2.39. The smallest absolute Gasteiger partial charge is 0.414 e. The highest BCUT2D eigenvalue weighted by Gasteiger charge is 2.37. The Bertz CT molecular complexity index is 865. The van der Waals surface area contributed by atoms with E-state index >= 15 is 0 Å². The Morgan fingerprint density at radius 2 is 1.93 bits per heavy atom. The zero-order valence-electron chi connectivity index (χ0n) is 16.4. The molecule has 2 heterocycles. The quantitative estimate of drug-likeness (QED) is 0.806. The third-order valence-electron chi connectivity index (χ3n) is 5.77. The lowest BCUT2D eigenvalue weighted by atomic mass is 9.84. The highest BCUT2D eigenvalue weighted by Crippen LogP contribution is 2.34. The van der Waals surface area contributed by atoms with Crippen molar-refractivity contribution in [3.8, 4) is 5.75 Å². The Morgan fingerprint density at radius 3 is 2.62 bits per heavy atom. The van der Waals surface area contributed by atoms with Crippen LogP contribution in [0.2, 0.25) is 5.02 Å². The number of anilines is 1. The summed E-state index contributed by atoms with van der Waals surface area (Å²) in [6.07, 6.45) is 0.734. The number of ether oxygens (including phenoxy) is 2. The fourth-order valence-electron chi connectivity index (χ4n) is 4.05. The number of benzene rings is 2. The number of nitrogens with zero attached hydrogens (tertiary/aromatic N) is 2. The van der Waals surface area contributed by atoms with Gasteiger partial charge < -0.3 is 14.6 Å². The van der Waals surface area contributed by atoms with Gasteiger partial charge in [-0.2, -0.15) is 0 Å². The molecule has 2 aliphatic rings. The zero-order chi connectivity index (χ0) is 20.4. The van der Waals surface area contributed by atoms with E-state index in [0.717, 1.165) is 24.3 Å². The van der Waals surface area contributed by atoms with E-state index in [2.05, 4.69) is 4.90 Å². The van der Waals surface area contributed by atoms with Crippen LogP contribution >= 0.6 is 11.6 Å². The van der Waals surface area contributed by atoms with Crippen molar-refractivity contribution in [2.24, 2.45) is 0 Å². The topological polar surface area (TPSA) is 62.2 Å². The number of carbonyl (C=O) groups is 1. The Morgan fingerprint density at radius 1 is 1.21 bits per heavy atom. The highest BCUT2D eigenvalue weighted by atomic mass is 35.5. The van der Waals surface area contributed by atoms with Gasteiger partial charge >= 0.3 is 6.09 Å². The monoisotopic (exact) mass is 416 g/mol. The molecule has 29 heavy (non-hydrogen) atoms. The Hall–Kier alpha value is -2.28. The van der Waals surface area contributed by atoms with Gasteiger partial charge in [0.05, 0.1) is 24.9 Å². The van der Waals surface area contributed by atoms with Crippen LogP contribution in [0.15, 0.2) is 48.5 Å². The van der Waals surface area contributed by atoms with Crippen LogP contribution in [0.4, 0.5) is 10.5 Å². The van der Waals surface area contributed by atoms with Crippen LogP contribution in [0.25, 0.3) is 0 Å². The lowest BCUT2D eigenvalue weighted by Crippen LogP contribution is -2.45. The van der Waals surface area contributed by atoms with Crippen LogP contribution in [0.5, 0.6) is 5.75 Å². The number of cyclic esters (lactones) is 1. The van der Waals surface area contributed by atoms with Gasteiger partial charge in [0.1, 0.15) is 11.9 Å². The first-order valence-corrected chi connectivity index (χ1v) is 10.2. The average Bonchev–Trinajstić information content (AvgIpc) is 3.10. The minimum atomic E-state index is -0.833. The first kappa shape index (κ1) is 20.0. The molecule has 0 bridgehead atoms. The molecule has 0 aliphatic carbocycles. The van der Waals surface area contributed by atoms with E-state index in [1.807, 2.05) is 48.5 Å². The fraction of sp³-hybridized carbons (Fsp3) is 0.409. The SMILES string of the molecule is COc1cccc(N2CC(CN3CCC(O)(c4ccc(Cl)cc4)CC3)OC2=O)c1. The van der Waals surface area contributed by atoms with Gasteiger partial charge in [-0.25, -0.2) is 4.79 Å². The second-order valence-corrected chi connectivity index (χ2v) is 8.09. The summed E-state index contributed by atoms with van der Waals surface area (Å²) in [4.78, 5) is 16.2. The van der Waals surface area contributed by atoms with Crippen molar-refractivity contribution in [3.63, 3.8) is 0 Å². The number of hydrogen-bond donors (Lipinski definition) is 1. The third-order valence-corrected chi connectivity index (χ3v) is 6.02. The van der Waals surface area contributed by atoms with E-state index in [0.29, 0.717) is 36.7 Å². The number of aliphatic hydroxyl groups is 1. The number of methoxy groups -OCH3 is 1. The summed E-state index contributed by atoms with van der Waals surface area (Å²) in [6.45, 7) is 2.64. The van der Waals surface area contributed by atoms with Crippen LogP contribution in [0.1, 0.15) is 18.4 Å². The number of halogens is 1. The number of carbonyl (C=O) groups excluding carboxylic acids is 1. The first-order chi connectivity index (χ1) is 14.0. The van der Waals surface area contributed by atoms with Gasteiger partial charge in [-0.1, -0.05) is 29.8 Å². The molecule has 2 fully saturated rings. The van der Waals surface area contributed by atoms with Crippen LogP contribution in [0.3, 0.4) is 0 Å². The molecule has 154 valence electrons. The molecular weight excluding hydrogens is 392 g/mol. The molecule has 0 spiro atoms. The van der Waals surface area contributed by atoms with Crippen molar-refractivity contribution in [1.29, 1.82) is 0 Å². The maximum absolute atomic E-state index is 12.3. The zero-order valence-corrected chi connectivity index (χ0v) is 17.1. The predicted octanol–water partition coefficient (Wildman–Crippen LogP) is 3.66. The molecule has 2 aliphatic heterocycles. The van der Waals surface area contributed by atoms with Crippen molar-refractivity contribution in [3.05, 3.63) is 59.1 Å². The lowest BCUT2D eigenvalue weighted by molar-refractivity contribution is -0.0324. The minimum absolute atomic E-state index is 0.199. The fourth-order valence-corrected chi connectivity index (χ4v) is 4.17. The largest absolute Gasteiger partial charge is 0.497 e. The van der Waals surface area contributed by atoms with E-state index in [9.17, 15) is 9.90 Å². The number of amides is 1. The molecule has 2 aromatic rings. The Balaban J connectivity index is 1.34. The number of likely N-dealkylation sites (tertiary alicyclic amines) is 1. The van der Waals surface area contributed by atoms with Gasteiger partial charge in [0.25, 0.3) is 0 Å². The second kappa shape index (κ2) is 8.22. The molecule has 6 nitrogen and oxygen atoms in total. The Kier molecular flexibility index (Phi) is 5.67. The van der Waals surface area contributed by atoms with Crippen LogP contribution in [0, 0.1) is 0 Å². The maximum atomic E-state index is 12.3. The predicted molar refractivity (Wildman–Crippen MR) is 112 cm³/mol. The molecule has 2 saturated heterocycles. The molecule has 7 heteroatoms. The van der Waals surface area contributed by atoms with Gasteiger partial charge in [0.15, 0.2) is 0 Å². The number of rotatable bonds is 5. The number of hydrogen-bond acceptors (Lipinski definition) is 5. The third kappa shape index (κ3) is 4.34. The highest BCUT2D eigenvalue weighted by molar-refractivity contribution is 6.30. The molecule has 0 aromatic heterocycles. The first-order valence-electron chi connectivity index (χ1n) is 9.80. The van der Waals surface area contributed by atoms with Crippen molar-refractivity contribution in [1.82, 2.24) is 4.90 Å². The van der Waals surface area contributed by atoms with Crippen LogP contribution < -0.4 is 9.64 Å². The molecule has 4 rings (SSSR count). The summed E-state index contributed by atoms with van der Waals surface area (Å²) in [5.74, 6) is 0.705. The number of piperidine rings is 1. The van der Waals surface area contributed by atoms with Gasteiger partial charge in [-0.05, 0) is 42.7 Å². The van der Waals surface area contributed by atoms with Gasteiger partial charge in [-0.3, -0.25) is 9.80 Å². The van der Waals surface area contributed by atoms with Crippen molar-refractivity contribution < 1.29 is 19.4 Å². The summed E-state index contributed by atoms with van der Waals surface area (Å²) in [6, 6.07) is 14.8. The van der Waals surface area contributed by atoms with Crippen LogP contribution in [-0.4, -0.2) is 55.5 Å². The molecule has 1 N–H and O–H groups in total. The normalized spacial score (nSPS) is 21.8. The molecule has 0 saturated carbocycles. The van der Waals surface area contributed by atoms with E-state index in [1.54, 1.807) is 12.0 Å². The van der Waals surface area contributed by atoms with Gasteiger partial charge in [-0.15, -0.1) is 0 Å². The van der Waals surface area contributed by atoms with Gasteiger partial charge in [0, 0.05) is 30.7 Å². The standard InChI is InChI=1S/C22H25ClN2O4/c1-28-19-4-2-3-18(13-19)25-15-20(29-21(25)26)14-24-11-9-22(27,10-12-24)16-5-7-17(23)8-6-16/h2-8,13,20,27H,9-12,14-15H2,1H3. The summed E-state index contributed by atoms with van der Waals surface area (Å²) in [5, 5.41) is 11.7. The van der Waals surface area contributed by atoms with Crippen LogP contribution in [-0.2, 0) is 10.3 Å². The maximum Gasteiger partial charge on any atom is 0.414 e. The summed E-state index contributed by atoms with van der Waals surface area (Å²) in [5.41, 5.74) is 0.839. The van der Waals surface area contributed by atoms with Crippen molar-refractivity contribution >= 4 is 23.4 Å². The van der Waals surface area contributed by atoms with E-state index in [-0.39, 0.29) is 12.2 Å². The molecule has 1 atom stereocenters. The minimum Gasteiger partial charge on any atom is -0.497 e. The molecular formula is C22H25ClN2O4. The average molecular weight is 417 g/mol. The van der Waals surface area contributed by atoms with Crippen molar-refractivity contribution in [2.45, 2.75) is 24.5 Å². The second-order valence-electron chi connectivity index (χ2n) is 7.66. The van der Waals surface area contributed by atoms with E-state index < -0.39 is 5.60 Å².